The largest absolute Gasteiger partial charge is 0.498 e. The lowest BCUT2D eigenvalue weighted by Gasteiger charge is -2.28. The monoisotopic (exact) mass is 533 g/mol. The fraction of sp³-hybridized carbons (Fsp3) is 0.345. The van der Waals surface area contributed by atoms with Crippen LogP contribution < -0.4 is 0 Å². The van der Waals surface area contributed by atoms with Gasteiger partial charge in [-0.25, -0.2) is 4.79 Å². The number of nitrogens with zero attached hydrogens (tertiary/aromatic N) is 1. The standard InChI is InChI=1S/C29H31ClF3NO3/c1-2-22(23-10-4-3-5-11-23)19-34(20-24-12-7-14-26(28(24)30)29(31,32)33)15-8-16-37-25-13-6-9-21(17-25)18-27(35)36/h3-7,9-14,18,22H,2,8,15-17,19-20H2,1H3,(H,35,36)/b21-18+/t22-/m0/s1. The van der Waals surface area contributed by atoms with E-state index in [1.54, 1.807) is 18.2 Å². The molecule has 1 N–H and O–H groups in total. The van der Waals surface area contributed by atoms with Crippen molar-refractivity contribution in [2.45, 2.75) is 44.8 Å². The molecule has 0 radical (unpaired) electrons. The Morgan fingerprint density at radius 3 is 2.62 bits per heavy atom. The second-order valence-electron chi connectivity index (χ2n) is 8.96. The molecule has 1 aliphatic carbocycles. The van der Waals surface area contributed by atoms with E-state index >= 15 is 0 Å². The Bertz CT molecular complexity index is 1140. The molecule has 0 saturated carbocycles. The molecular weight excluding hydrogens is 503 g/mol. The molecular formula is C29H31ClF3NO3. The number of ether oxygens (including phenoxy) is 1. The molecule has 2 aromatic rings. The van der Waals surface area contributed by atoms with Crippen LogP contribution in [-0.4, -0.2) is 35.7 Å². The first kappa shape index (κ1) is 28.5. The molecule has 0 saturated heterocycles. The van der Waals surface area contributed by atoms with Crippen LogP contribution in [0.4, 0.5) is 13.2 Å². The highest BCUT2D eigenvalue weighted by Gasteiger charge is 2.34. The molecule has 0 heterocycles. The number of hydrogen-bond acceptors (Lipinski definition) is 3. The van der Waals surface area contributed by atoms with E-state index in [0.717, 1.165) is 18.6 Å². The maximum Gasteiger partial charge on any atom is 0.417 e. The fourth-order valence-corrected chi connectivity index (χ4v) is 4.64. The quantitative estimate of drug-likeness (QED) is 0.225. The van der Waals surface area contributed by atoms with Crippen molar-refractivity contribution in [3.8, 4) is 0 Å². The Balaban J connectivity index is 1.69. The number of carboxylic acids is 1. The van der Waals surface area contributed by atoms with Gasteiger partial charge in [-0.15, -0.1) is 0 Å². The third-order valence-corrected chi connectivity index (χ3v) is 6.65. The van der Waals surface area contributed by atoms with Crippen molar-refractivity contribution in [2.24, 2.45) is 0 Å². The first-order valence-corrected chi connectivity index (χ1v) is 12.6. The van der Waals surface area contributed by atoms with Gasteiger partial charge in [-0.2, -0.15) is 13.2 Å². The molecule has 37 heavy (non-hydrogen) atoms. The zero-order valence-electron chi connectivity index (χ0n) is 20.7. The summed E-state index contributed by atoms with van der Waals surface area (Å²) < 4.78 is 46.1. The van der Waals surface area contributed by atoms with Gasteiger partial charge in [-0.3, -0.25) is 4.90 Å². The van der Waals surface area contributed by atoms with Crippen molar-refractivity contribution < 1.29 is 27.8 Å². The van der Waals surface area contributed by atoms with Crippen LogP contribution in [0.15, 0.2) is 84.2 Å². The Kier molecular flexibility index (Phi) is 10.4. The molecule has 0 fully saturated rings. The van der Waals surface area contributed by atoms with Gasteiger partial charge >= 0.3 is 12.1 Å². The van der Waals surface area contributed by atoms with E-state index < -0.39 is 17.7 Å². The molecule has 3 rings (SSSR count). The predicted molar refractivity (Wildman–Crippen MR) is 139 cm³/mol. The van der Waals surface area contributed by atoms with Crippen molar-refractivity contribution in [1.82, 2.24) is 4.90 Å². The zero-order valence-corrected chi connectivity index (χ0v) is 21.4. The molecule has 198 valence electrons. The van der Waals surface area contributed by atoms with Crippen LogP contribution in [0.3, 0.4) is 0 Å². The van der Waals surface area contributed by atoms with Crippen molar-refractivity contribution in [2.75, 3.05) is 19.7 Å². The smallest absolute Gasteiger partial charge is 0.417 e. The fourth-order valence-electron chi connectivity index (χ4n) is 4.35. The van der Waals surface area contributed by atoms with E-state index in [9.17, 15) is 18.0 Å². The van der Waals surface area contributed by atoms with Gasteiger partial charge in [0.15, 0.2) is 0 Å². The van der Waals surface area contributed by atoms with Crippen LogP contribution in [0.5, 0.6) is 0 Å². The highest BCUT2D eigenvalue weighted by atomic mass is 35.5. The van der Waals surface area contributed by atoms with E-state index in [0.29, 0.717) is 49.4 Å². The van der Waals surface area contributed by atoms with E-state index in [2.05, 4.69) is 24.0 Å². The van der Waals surface area contributed by atoms with Gasteiger partial charge < -0.3 is 9.84 Å². The Hall–Kier alpha value is -3.03. The van der Waals surface area contributed by atoms with Crippen LogP contribution in [-0.2, 0) is 22.3 Å². The highest BCUT2D eigenvalue weighted by molar-refractivity contribution is 6.32. The molecule has 2 aromatic carbocycles. The number of carboxylic acid groups (broad SMARTS) is 1. The summed E-state index contributed by atoms with van der Waals surface area (Å²) in [4.78, 5) is 13.0. The van der Waals surface area contributed by atoms with Crippen molar-refractivity contribution >= 4 is 17.6 Å². The van der Waals surface area contributed by atoms with E-state index in [4.69, 9.17) is 21.4 Å². The summed E-state index contributed by atoms with van der Waals surface area (Å²) in [7, 11) is 0. The van der Waals surface area contributed by atoms with Crippen LogP contribution >= 0.6 is 11.6 Å². The van der Waals surface area contributed by atoms with Gasteiger partial charge in [0.1, 0.15) is 5.76 Å². The molecule has 0 spiro atoms. The van der Waals surface area contributed by atoms with Crippen molar-refractivity contribution in [3.05, 3.63) is 106 Å². The van der Waals surface area contributed by atoms with Gasteiger partial charge in [0.05, 0.1) is 17.2 Å². The van der Waals surface area contributed by atoms with Crippen LogP contribution in [0.25, 0.3) is 0 Å². The zero-order chi connectivity index (χ0) is 26.8. The van der Waals surface area contributed by atoms with Gasteiger partial charge in [0.2, 0.25) is 0 Å². The third kappa shape index (κ3) is 8.79. The number of benzene rings is 2. The lowest BCUT2D eigenvalue weighted by atomic mass is 9.95. The summed E-state index contributed by atoms with van der Waals surface area (Å²) in [5.41, 5.74) is 1.44. The van der Waals surface area contributed by atoms with Crippen LogP contribution in [0.1, 0.15) is 48.8 Å². The normalized spacial score (nSPS) is 15.6. The van der Waals surface area contributed by atoms with Gasteiger partial charge in [0, 0.05) is 32.1 Å². The molecule has 0 aromatic heterocycles. The molecule has 0 bridgehead atoms. The highest BCUT2D eigenvalue weighted by Crippen LogP contribution is 2.36. The van der Waals surface area contributed by atoms with Crippen molar-refractivity contribution in [1.29, 1.82) is 0 Å². The van der Waals surface area contributed by atoms with Crippen LogP contribution in [0.2, 0.25) is 5.02 Å². The molecule has 1 aliphatic rings. The average molecular weight is 534 g/mol. The van der Waals surface area contributed by atoms with Gasteiger partial charge in [-0.05, 0) is 47.6 Å². The number of carbonyl (C=O) groups is 1. The van der Waals surface area contributed by atoms with Crippen LogP contribution in [0, 0.1) is 0 Å². The first-order valence-electron chi connectivity index (χ1n) is 12.2. The second kappa shape index (κ2) is 13.5. The topological polar surface area (TPSA) is 49.8 Å². The number of aliphatic carboxylic acids is 1. The van der Waals surface area contributed by atoms with E-state index in [-0.39, 0.29) is 17.5 Å². The summed E-state index contributed by atoms with van der Waals surface area (Å²) in [5, 5.41) is 8.69. The second-order valence-corrected chi connectivity index (χ2v) is 9.33. The SMILES string of the molecule is CC[C@@H](CN(CCCOC1=CC=C/C(=C\C(=O)O)C1)Cc1cccc(C(F)(F)F)c1Cl)c1ccccc1. The lowest BCUT2D eigenvalue weighted by Crippen LogP contribution is -2.30. The van der Waals surface area contributed by atoms with E-state index in [1.165, 1.54) is 11.6 Å². The molecule has 0 amide bonds. The summed E-state index contributed by atoms with van der Waals surface area (Å²) in [5.74, 6) is -0.117. The maximum absolute atomic E-state index is 13.4. The third-order valence-electron chi connectivity index (χ3n) is 6.21. The minimum Gasteiger partial charge on any atom is -0.498 e. The Morgan fingerprint density at radius 1 is 1.19 bits per heavy atom. The minimum atomic E-state index is -4.52. The molecule has 1 atom stereocenters. The average Bonchev–Trinajstić information content (AvgIpc) is 2.85. The number of alkyl halides is 3. The lowest BCUT2D eigenvalue weighted by molar-refractivity contribution is -0.137. The first-order chi connectivity index (χ1) is 17.7. The number of hydrogen-bond donors (Lipinski definition) is 1. The summed E-state index contributed by atoms with van der Waals surface area (Å²) in [6, 6.07) is 14.1. The molecule has 8 heteroatoms. The van der Waals surface area contributed by atoms with Gasteiger partial charge in [-0.1, -0.05) is 73.1 Å². The maximum atomic E-state index is 13.4. The number of rotatable bonds is 12. The summed E-state index contributed by atoms with van der Waals surface area (Å²) in [6.07, 6.45) is 3.85. The predicted octanol–water partition coefficient (Wildman–Crippen LogP) is 7.62. The molecule has 0 aliphatic heterocycles. The molecule has 4 nitrogen and oxygen atoms in total. The Labute approximate surface area is 220 Å². The summed E-state index contributed by atoms with van der Waals surface area (Å²) in [6.45, 7) is 4.03. The number of halogens is 4. The number of allylic oxidation sites excluding steroid dienone is 4. The van der Waals surface area contributed by atoms with Gasteiger partial charge in [0.25, 0.3) is 0 Å². The minimum absolute atomic E-state index is 0.210. The van der Waals surface area contributed by atoms with Crippen molar-refractivity contribution in [3.63, 3.8) is 0 Å². The molecule has 0 unspecified atom stereocenters. The summed E-state index contributed by atoms with van der Waals surface area (Å²) >= 11 is 6.21. The Morgan fingerprint density at radius 2 is 1.95 bits per heavy atom. The van der Waals surface area contributed by atoms with E-state index in [1.807, 2.05) is 24.3 Å².